The van der Waals surface area contributed by atoms with E-state index >= 15 is 0 Å². The molecule has 1 aliphatic rings. The molecule has 29 heavy (non-hydrogen) atoms. The average Bonchev–Trinajstić information content (AvgIpc) is 3.21. The van der Waals surface area contributed by atoms with E-state index in [1.165, 1.54) is 5.56 Å². The Morgan fingerprint density at radius 3 is 2.38 bits per heavy atom. The van der Waals surface area contributed by atoms with Gasteiger partial charge in [0.2, 0.25) is 0 Å². The van der Waals surface area contributed by atoms with Gasteiger partial charge in [0.05, 0.1) is 11.4 Å². The first-order valence-corrected chi connectivity index (χ1v) is 10.0. The van der Waals surface area contributed by atoms with Crippen molar-refractivity contribution < 1.29 is 4.42 Å². The van der Waals surface area contributed by atoms with E-state index in [0.29, 0.717) is 10.8 Å². The molecule has 4 heteroatoms. The molecule has 0 bridgehead atoms. The van der Waals surface area contributed by atoms with Gasteiger partial charge in [0.25, 0.3) is 0 Å². The molecule has 0 radical (unpaired) electrons. The van der Waals surface area contributed by atoms with E-state index in [-0.39, 0.29) is 5.41 Å². The molecular weight excluding hydrogens is 380 g/mol. The van der Waals surface area contributed by atoms with E-state index in [0.717, 1.165) is 44.5 Å². The van der Waals surface area contributed by atoms with Gasteiger partial charge in [-0.1, -0.05) is 80.0 Å². The summed E-state index contributed by atoms with van der Waals surface area (Å²) in [6.45, 7) is 4.37. The van der Waals surface area contributed by atoms with Crippen molar-refractivity contribution in [2.75, 3.05) is 0 Å². The highest BCUT2D eigenvalue weighted by molar-refractivity contribution is 6.32. The monoisotopic (exact) mass is 396 g/mol. The summed E-state index contributed by atoms with van der Waals surface area (Å²) in [6.07, 6.45) is 0. The molecular formula is C25H17ClN2O. The molecule has 6 rings (SSSR count). The number of fused-ring (bicyclic) bond motifs is 6. The first kappa shape index (κ1) is 16.8. The maximum absolute atomic E-state index is 6.69. The van der Waals surface area contributed by atoms with Gasteiger partial charge in [-0.05, 0) is 17.7 Å². The Morgan fingerprint density at radius 2 is 1.48 bits per heavy atom. The van der Waals surface area contributed by atoms with Gasteiger partial charge in [-0.3, -0.25) is 0 Å². The Balaban J connectivity index is 1.65. The zero-order chi connectivity index (χ0) is 19.8. The Kier molecular flexibility index (Phi) is 3.28. The quantitative estimate of drug-likeness (QED) is 0.306. The van der Waals surface area contributed by atoms with E-state index in [2.05, 4.69) is 44.2 Å². The first-order valence-electron chi connectivity index (χ1n) is 9.64. The number of para-hydroxylation sites is 2. The second-order valence-corrected chi connectivity index (χ2v) is 8.37. The molecule has 0 unspecified atom stereocenters. The summed E-state index contributed by atoms with van der Waals surface area (Å²) in [7, 11) is 0. The average molecular weight is 397 g/mol. The van der Waals surface area contributed by atoms with Crippen LogP contribution in [0.15, 0.2) is 71.1 Å². The SMILES string of the molecule is CC1(C)c2ccccc2-c2nc(Cl)c(-c3cccc4c3oc3ccccc34)nc21. The van der Waals surface area contributed by atoms with Gasteiger partial charge >= 0.3 is 0 Å². The highest BCUT2D eigenvalue weighted by Crippen LogP contribution is 2.48. The Labute approximate surface area is 173 Å². The van der Waals surface area contributed by atoms with Gasteiger partial charge in [-0.25, -0.2) is 9.97 Å². The zero-order valence-electron chi connectivity index (χ0n) is 16.0. The van der Waals surface area contributed by atoms with Gasteiger partial charge in [0, 0.05) is 27.3 Å². The van der Waals surface area contributed by atoms with Gasteiger partial charge in [0.1, 0.15) is 16.9 Å². The van der Waals surface area contributed by atoms with Crippen molar-refractivity contribution in [2.24, 2.45) is 0 Å². The smallest absolute Gasteiger partial charge is 0.156 e. The molecule has 140 valence electrons. The van der Waals surface area contributed by atoms with Crippen molar-refractivity contribution in [1.29, 1.82) is 0 Å². The number of aromatic nitrogens is 2. The van der Waals surface area contributed by atoms with Crippen LogP contribution in [0.1, 0.15) is 25.1 Å². The van der Waals surface area contributed by atoms with Gasteiger partial charge in [0.15, 0.2) is 5.15 Å². The summed E-state index contributed by atoms with van der Waals surface area (Å²) >= 11 is 6.69. The van der Waals surface area contributed by atoms with Crippen molar-refractivity contribution in [2.45, 2.75) is 19.3 Å². The number of hydrogen-bond donors (Lipinski definition) is 0. The molecule has 0 fully saturated rings. The van der Waals surface area contributed by atoms with E-state index in [1.54, 1.807) is 0 Å². The molecule has 1 aliphatic carbocycles. The Morgan fingerprint density at radius 1 is 0.759 bits per heavy atom. The Bertz CT molecular complexity index is 1450. The highest BCUT2D eigenvalue weighted by Gasteiger charge is 2.39. The van der Waals surface area contributed by atoms with Crippen LogP contribution in [0.3, 0.4) is 0 Å². The van der Waals surface area contributed by atoms with Crippen LogP contribution >= 0.6 is 11.6 Å². The van der Waals surface area contributed by atoms with Crippen molar-refractivity contribution in [3.8, 4) is 22.5 Å². The van der Waals surface area contributed by atoms with Crippen LogP contribution in [0.5, 0.6) is 0 Å². The first-order chi connectivity index (χ1) is 14.1. The van der Waals surface area contributed by atoms with E-state index < -0.39 is 0 Å². The van der Waals surface area contributed by atoms with Gasteiger partial charge in [-0.15, -0.1) is 0 Å². The third-order valence-corrected chi connectivity index (χ3v) is 6.22. The molecule has 0 aliphatic heterocycles. The van der Waals surface area contributed by atoms with Crippen LogP contribution in [-0.2, 0) is 5.41 Å². The fourth-order valence-electron chi connectivity index (χ4n) is 4.51. The Hall–Kier alpha value is -3.17. The van der Waals surface area contributed by atoms with Crippen LogP contribution in [-0.4, -0.2) is 9.97 Å². The molecule has 0 N–H and O–H groups in total. The summed E-state index contributed by atoms with van der Waals surface area (Å²) in [6, 6.07) is 22.5. The topological polar surface area (TPSA) is 38.9 Å². The molecule has 0 atom stereocenters. The predicted molar refractivity (Wildman–Crippen MR) is 117 cm³/mol. The number of rotatable bonds is 1. The van der Waals surface area contributed by atoms with E-state index in [9.17, 15) is 0 Å². The minimum atomic E-state index is -0.236. The van der Waals surface area contributed by atoms with Crippen molar-refractivity contribution in [3.63, 3.8) is 0 Å². The van der Waals surface area contributed by atoms with E-state index in [1.807, 2.05) is 36.4 Å². The molecule has 2 heterocycles. The van der Waals surface area contributed by atoms with Gasteiger partial charge in [-0.2, -0.15) is 0 Å². The third-order valence-electron chi connectivity index (χ3n) is 5.96. The normalized spacial score (nSPS) is 14.3. The fraction of sp³-hybridized carbons (Fsp3) is 0.120. The van der Waals surface area contributed by atoms with Gasteiger partial charge < -0.3 is 4.42 Å². The fourth-order valence-corrected chi connectivity index (χ4v) is 4.73. The van der Waals surface area contributed by atoms with Crippen LogP contribution in [0.2, 0.25) is 5.15 Å². The van der Waals surface area contributed by atoms with Crippen LogP contribution in [0.4, 0.5) is 0 Å². The van der Waals surface area contributed by atoms with Crippen LogP contribution in [0.25, 0.3) is 44.5 Å². The molecule has 0 spiro atoms. The maximum Gasteiger partial charge on any atom is 0.156 e. The zero-order valence-corrected chi connectivity index (χ0v) is 16.8. The number of furan rings is 1. The molecule has 0 saturated heterocycles. The second kappa shape index (κ2) is 5.68. The molecule has 3 nitrogen and oxygen atoms in total. The predicted octanol–water partition coefficient (Wildman–Crippen LogP) is 7.00. The number of hydrogen-bond acceptors (Lipinski definition) is 3. The lowest BCUT2D eigenvalue weighted by molar-refractivity contribution is 0.635. The molecule has 5 aromatic rings. The number of benzene rings is 3. The largest absolute Gasteiger partial charge is 0.455 e. The lowest BCUT2D eigenvalue weighted by Crippen LogP contribution is -2.17. The summed E-state index contributed by atoms with van der Waals surface area (Å²) in [5, 5.41) is 2.53. The molecule has 0 saturated carbocycles. The summed E-state index contributed by atoms with van der Waals surface area (Å²) in [5.41, 5.74) is 7.09. The van der Waals surface area contributed by atoms with Crippen LogP contribution in [0, 0.1) is 0 Å². The molecule has 0 amide bonds. The number of halogens is 1. The lowest BCUT2D eigenvalue weighted by atomic mass is 9.85. The summed E-state index contributed by atoms with van der Waals surface area (Å²) in [4.78, 5) is 9.85. The van der Waals surface area contributed by atoms with Crippen molar-refractivity contribution in [3.05, 3.63) is 83.1 Å². The van der Waals surface area contributed by atoms with Crippen molar-refractivity contribution in [1.82, 2.24) is 9.97 Å². The number of nitrogens with zero attached hydrogens (tertiary/aromatic N) is 2. The molecule has 3 aromatic carbocycles. The maximum atomic E-state index is 6.69. The summed E-state index contributed by atoms with van der Waals surface area (Å²) in [5.74, 6) is 0. The van der Waals surface area contributed by atoms with Crippen molar-refractivity contribution >= 4 is 33.5 Å². The minimum absolute atomic E-state index is 0.236. The van der Waals surface area contributed by atoms with E-state index in [4.69, 9.17) is 26.0 Å². The lowest BCUT2D eigenvalue weighted by Gasteiger charge is -2.20. The standard InChI is InChI=1S/C25H17ClN2O/c1-25(2)18-12-5-3-9-16(18)20-23(25)27-21(24(26)28-20)17-11-7-10-15-14-8-4-6-13-19(14)29-22(15)17/h3-13H,1-2H3. The second-order valence-electron chi connectivity index (χ2n) is 8.01. The highest BCUT2D eigenvalue weighted by atomic mass is 35.5. The minimum Gasteiger partial charge on any atom is -0.455 e. The van der Waals surface area contributed by atoms with Crippen LogP contribution < -0.4 is 0 Å². The molecule has 2 aromatic heterocycles. The third kappa shape index (κ3) is 2.19. The summed E-state index contributed by atoms with van der Waals surface area (Å²) < 4.78 is 6.20.